The Balaban J connectivity index is 1.99. The third-order valence-electron chi connectivity index (χ3n) is 5.50. The van der Waals surface area contributed by atoms with Crippen molar-refractivity contribution in [2.24, 2.45) is 5.73 Å². The van der Waals surface area contributed by atoms with Crippen molar-refractivity contribution in [3.63, 3.8) is 0 Å². The van der Waals surface area contributed by atoms with Crippen molar-refractivity contribution < 1.29 is 52.3 Å². The molecule has 12 heteroatoms. The first kappa shape index (κ1) is 33.7. The summed E-state index contributed by atoms with van der Waals surface area (Å²) in [5, 5.41) is 0. The van der Waals surface area contributed by atoms with Crippen molar-refractivity contribution in [2.75, 3.05) is 6.61 Å². The summed E-state index contributed by atoms with van der Waals surface area (Å²) >= 11 is 0. The Labute approximate surface area is 241 Å². The van der Waals surface area contributed by atoms with Gasteiger partial charge in [0, 0.05) is 0 Å². The highest BCUT2D eigenvalue weighted by molar-refractivity contribution is 5.76. The number of benzene rings is 1. The van der Waals surface area contributed by atoms with Gasteiger partial charge in [0.25, 0.3) is 0 Å². The number of rotatable bonds is 9. The molecule has 0 heterocycles. The zero-order valence-electron chi connectivity index (χ0n) is 25.0. The smallest absolute Gasteiger partial charge is 0.458 e. The maximum atomic E-state index is 12.6. The Hall–Kier alpha value is -3.54. The number of hydrogen-bond acceptors (Lipinski definition) is 12. The molecule has 230 valence electrons. The predicted octanol–water partition coefficient (Wildman–Crippen LogP) is 5.60. The lowest BCUT2D eigenvalue weighted by Gasteiger charge is -2.22. The molecule has 0 unspecified atom stereocenters. The Kier molecular flexibility index (Phi) is 12.2. The van der Waals surface area contributed by atoms with Crippen LogP contribution in [0.25, 0.3) is 0 Å². The predicted molar refractivity (Wildman–Crippen MR) is 147 cm³/mol. The van der Waals surface area contributed by atoms with Crippen LogP contribution in [-0.4, -0.2) is 60.5 Å². The molecule has 1 aromatic rings. The fraction of sp³-hybridized carbons (Fsp3) is 0.655. The molecule has 0 saturated heterocycles. The van der Waals surface area contributed by atoms with E-state index in [2.05, 4.69) is 0 Å². The lowest BCUT2D eigenvalue weighted by atomic mass is 9.98. The number of carbonyl (C=O) groups is 4. The largest absolute Gasteiger partial charge is 0.514 e. The average Bonchev–Trinajstić information content (AvgIpc) is 2.82. The minimum atomic E-state index is -1.10. The summed E-state index contributed by atoms with van der Waals surface area (Å²) in [7, 11) is 0. The molecule has 1 fully saturated rings. The molecule has 0 bridgehead atoms. The molecule has 2 N–H and O–H groups in total. The summed E-state index contributed by atoms with van der Waals surface area (Å²) < 4.78 is 36.6. The van der Waals surface area contributed by atoms with Gasteiger partial charge in [-0.2, -0.15) is 0 Å². The Morgan fingerprint density at radius 3 is 1.98 bits per heavy atom. The van der Waals surface area contributed by atoms with E-state index in [0.717, 1.165) is 32.1 Å². The minimum absolute atomic E-state index is 0.00642. The van der Waals surface area contributed by atoms with Crippen molar-refractivity contribution in [3.8, 4) is 11.5 Å². The van der Waals surface area contributed by atoms with E-state index in [4.69, 9.17) is 38.9 Å². The van der Waals surface area contributed by atoms with Crippen molar-refractivity contribution in [1.82, 2.24) is 0 Å². The fourth-order valence-electron chi connectivity index (χ4n) is 3.76. The first-order valence-electron chi connectivity index (χ1n) is 13.7. The third-order valence-corrected chi connectivity index (χ3v) is 5.50. The normalized spacial score (nSPS) is 15.6. The van der Waals surface area contributed by atoms with Gasteiger partial charge in [-0.25, -0.2) is 14.4 Å². The summed E-state index contributed by atoms with van der Waals surface area (Å²) in [5.41, 5.74) is 4.89. The first-order chi connectivity index (χ1) is 19.0. The SMILES string of the molecule is C[C@@H](COC(=O)OC1CCCCC1)OC(=O)[C@@H](N)Cc1ccc(OC(=O)OC(C)(C)C)c(OC(=O)OC(C)(C)C)c1. The van der Waals surface area contributed by atoms with Gasteiger partial charge in [0.2, 0.25) is 0 Å². The van der Waals surface area contributed by atoms with Crippen LogP contribution in [0.4, 0.5) is 14.4 Å². The number of ether oxygens (including phenoxy) is 7. The minimum Gasteiger partial charge on any atom is -0.458 e. The number of carbonyl (C=O) groups excluding carboxylic acids is 4. The number of esters is 1. The average molecular weight is 582 g/mol. The number of nitrogens with two attached hydrogens (primary N) is 1. The van der Waals surface area contributed by atoms with Crippen LogP contribution >= 0.6 is 0 Å². The van der Waals surface area contributed by atoms with E-state index < -0.39 is 47.8 Å². The second-order valence-electron chi connectivity index (χ2n) is 11.9. The van der Waals surface area contributed by atoms with Gasteiger partial charge in [0.1, 0.15) is 36.1 Å². The van der Waals surface area contributed by atoms with Crippen LogP contribution in [0.2, 0.25) is 0 Å². The summed E-state index contributed by atoms with van der Waals surface area (Å²) in [6.45, 7) is 11.4. The topological polar surface area (TPSA) is 159 Å². The molecule has 0 aromatic heterocycles. The van der Waals surface area contributed by atoms with Crippen LogP contribution in [0.15, 0.2) is 18.2 Å². The van der Waals surface area contributed by atoms with E-state index in [1.165, 1.54) is 12.1 Å². The zero-order valence-corrected chi connectivity index (χ0v) is 25.0. The van der Waals surface area contributed by atoms with E-state index in [0.29, 0.717) is 5.56 Å². The lowest BCUT2D eigenvalue weighted by molar-refractivity contribution is -0.152. The standard InChI is InChI=1S/C29H43NO11/c1-18(17-35-25(32)37-20-11-9-8-10-12-20)36-24(31)21(30)15-19-13-14-22(38-26(33)40-28(2,3)4)23(16-19)39-27(34)41-29(5,6)7/h13-14,16,18,20-21H,8-12,15,17,30H2,1-7H3/t18-,21-/m0/s1. The molecular formula is C29H43NO11. The van der Waals surface area contributed by atoms with Crippen molar-refractivity contribution in [3.05, 3.63) is 23.8 Å². The van der Waals surface area contributed by atoms with Crippen LogP contribution in [-0.2, 0) is 34.9 Å². The molecule has 12 nitrogen and oxygen atoms in total. The van der Waals surface area contributed by atoms with Gasteiger partial charge in [-0.1, -0.05) is 12.5 Å². The quantitative estimate of drug-likeness (QED) is 0.219. The van der Waals surface area contributed by atoms with Crippen LogP contribution in [0.3, 0.4) is 0 Å². The van der Waals surface area contributed by atoms with Crippen molar-refractivity contribution in [1.29, 1.82) is 0 Å². The van der Waals surface area contributed by atoms with E-state index in [1.807, 2.05) is 0 Å². The van der Waals surface area contributed by atoms with Crippen LogP contribution < -0.4 is 15.2 Å². The fourth-order valence-corrected chi connectivity index (χ4v) is 3.76. The molecule has 0 spiro atoms. The molecule has 0 radical (unpaired) electrons. The van der Waals surface area contributed by atoms with Gasteiger partial charge in [0.15, 0.2) is 11.5 Å². The van der Waals surface area contributed by atoms with Crippen LogP contribution in [0, 0.1) is 0 Å². The molecule has 0 aliphatic heterocycles. The molecule has 41 heavy (non-hydrogen) atoms. The summed E-state index contributed by atoms with van der Waals surface area (Å²) in [5.74, 6) is -0.970. The molecule has 0 amide bonds. The molecule has 2 atom stereocenters. The second kappa shape index (κ2) is 14.9. The highest BCUT2D eigenvalue weighted by Crippen LogP contribution is 2.31. The van der Waals surface area contributed by atoms with E-state index in [1.54, 1.807) is 54.5 Å². The molecule has 1 aliphatic carbocycles. The zero-order chi connectivity index (χ0) is 30.8. The monoisotopic (exact) mass is 581 g/mol. The summed E-state index contributed by atoms with van der Waals surface area (Å²) in [6.07, 6.45) is 1.04. The summed E-state index contributed by atoms with van der Waals surface area (Å²) in [6, 6.07) is 3.22. The summed E-state index contributed by atoms with van der Waals surface area (Å²) in [4.78, 5) is 49.0. The molecule has 1 aliphatic rings. The van der Waals surface area contributed by atoms with Gasteiger partial charge in [-0.05, 0) is 98.3 Å². The van der Waals surface area contributed by atoms with Gasteiger partial charge < -0.3 is 38.9 Å². The van der Waals surface area contributed by atoms with Gasteiger partial charge >= 0.3 is 24.4 Å². The van der Waals surface area contributed by atoms with Crippen LogP contribution in [0.1, 0.15) is 86.1 Å². The van der Waals surface area contributed by atoms with Gasteiger partial charge in [-0.15, -0.1) is 0 Å². The molecule has 1 saturated carbocycles. The van der Waals surface area contributed by atoms with Crippen molar-refractivity contribution in [2.45, 2.75) is 116 Å². The Morgan fingerprint density at radius 2 is 1.41 bits per heavy atom. The highest BCUT2D eigenvalue weighted by Gasteiger charge is 2.25. The molecule has 1 aromatic carbocycles. The van der Waals surface area contributed by atoms with E-state index >= 15 is 0 Å². The van der Waals surface area contributed by atoms with Crippen LogP contribution in [0.5, 0.6) is 11.5 Å². The van der Waals surface area contributed by atoms with E-state index in [9.17, 15) is 19.2 Å². The van der Waals surface area contributed by atoms with Gasteiger partial charge in [-0.3, -0.25) is 4.79 Å². The highest BCUT2D eigenvalue weighted by atomic mass is 16.8. The van der Waals surface area contributed by atoms with Crippen molar-refractivity contribution >= 4 is 24.4 Å². The maximum absolute atomic E-state index is 12.6. The van der Waals surface area contributed by atoms with Gasteiger partial charge in [0.05, 0.1) is 0 Å². The Morgan fingerprint density at radius 1 is 0.854 bits per heavy atom. The second-order valence-corrected chi connectivity index (χ2v) is 11.9. The number of hydrogen-bond donors (Lipinski definition) is 1. The Bertz CT molecular complexity index is 1050. The first-order valence-corrected chi connectivity index (χ1v) is 13.7. The molecular weight excluding hydrogens is 538 g/mol. The van der Waals surface area contributed by atoms with E-state index in [-0.39, 0.29) is 30.6 Å². The third kappa shape index (κ3) is 13.6. The molecule has 2 rings (SSSR count). The lowest BCUT2D eigenvalue weighted by Crippen LogP contribution is -2.37. The maximum Gasteiger partial charge on any atom is 0.514 e.